The predicted molar refractivity (Wildman–Crippen MR) is 127 cm³/mol. The summed E-state index contributed by atoms with van der Waals surface area (Å²) in [6.45, 7) is 7.42. The zero-order chi connectivity index (χ0) is 23.3. The van der Waals surface area contributed by atoms with Gasteiger partial charge in [0.05, 0.1) is 16.7 Å². The van der Waals surface area contributed by atoms with Crippen LogP contribution in [0.3, 0.4) is 0 Å². The fourth-order valence-electron chi connectivity index (χ4n) is 6.24. The van der Waals surface area contributed by atoms with Crippen LogP contribution in [0.15, 0.2) is 5.29 Å². The van der Waals surface area contributed by atoms with Crippen LogP contribution in [-0.2, 0) is 19.1 Å². The van der Waals surface area contributed by atoms with E-state index in [0.717, 1.165) is 38.5 Å². The van der Waals surface area contributed by atoms with Crippen LogP contribution in [0.25, 0.3) is 0 Å². The van der Waals surface area contributed by atoms with Crippen LogP contribution >= 0.6 is 22.6 Å². The van der Waals surface area contributed by atoms with Crippen molar-refractivity contribution < 1.29 is 19.1 Å². The largest absolute Gasteiger partial charge is 0.457 e. The number of esters is 2. The lowest BCUT2D eigenvalue weighted by Gasteiger charge is -2.42. The summed E-state index contributed by atoms with van der Waals surface area (Å²) >= 11 is 2.20. The first kappa shape index (κ1) is 24.2. The van der Waals surface area contributed by atoms with Crippen molar-refractivity contribution in [2.24, 2.45) is 28.0 Å². The molecule has 4 unspecified atom stereocenters. The molecule has 0 aromatic rings. The van der Waals surface area contributed by atoms with E-state index in [-0.39, 0.29) is 24.0 Å². The maximum Gasteiger partial charge on any atom is 0.319 e. The number of nitrogens with zero attached hydrogens (tertiary/aromatic N) is 2. The predicted octanol–water partition coefficient (Wildman–Crippen LogP) is 4.30. The number of rotatable bonds is 9. The van der Waals surface area contributed by atoms with Crippen LogP contribution in [0.5, 0.6) is 0 Å². The number of carbonyl (C=O) groups is 2. The molecule has 8 nitrogen and oxygen atoms in total. The standard InChI is InChI=1S/C23H36IN3O5/c1-14(13-24)27(26-30)20(25-17-6-5-7-17)31-19(29)22-9-15-8-16(10-22)12-23(22,11-15)32-18(28)21(2,3)4/h14-17,20,25H,5-13H2,1-4H3. The van der Waals surface area contributed by atoms with Crippen molar-refractivity contribution in [3.05, 3.63) is 4.91 Å². The van der Waals surface area contributed by atoms with E-state index in [0.29, 0.717) is 29.1 Å². The summed E-state index contributed by atoms with van der Waals surface area (Å²) in [6.07, 6.45) is 6.09. The topological polar surface area (TPSA) is 97.3 Å². The third-order valence-electron chi connectivity index (χ3n) is 8.05. The monoisotopic (exact) mass is 561 g/mol. The van der Waals surface area contributed by atoms with E-state index < -0.39 is 22.8 Å². The van der Waals surface area contributed by atoms with Gasteiger partial charge in [-0.15, -0.1) is 4.91 Å². The summed E-state index contributed by atoms with van der Waals surface area (Å²) in [6, 6.07) is 0.0278. The first-order chi connectivity index (χ1) is 15.0. The Bertz CT molecular complexity index is 751. The minimum Gasteiger partial charge on any atom is -0.457 e. The van der Waals surface area contributed by atoms with Gasteiger partial charge in [-0.25, -0.2) is 5.01 Å². The maximum absolute atomic E-state index is 13.9. The zero-order valence-corrected chi connectivity index (χ0v) is 21.7. The second-order valence-corrected chi connectivity index (χ2v) is 12.4. The molecule has 0 spiro atoms. The van der Waals surface area contributed by atoms with Gasteiger partial charge in [-0.2, -0.15) is 0 Å². The highest BCUT2D eigenvalue weighted by atomic mass is 127. The summed E-state index contributed by atoms with van der Waals surface area (Å²) in [5, 5.41) is 7.86. The Labute approximate surface area is 204 Å². The number of carbonyl (C=O) groups excluding carboxylic acids is 2. The Kier molecular flexibility index (Phi) is 6.55. The lowest BCUT2D eigenvalue weighted by molar-refractivity contribution is -0.200. The highest BCUT2D eigenvalue weighted by Gasteiger charge is 2.73. The lowest BCUT2D eigenvalue weighted by Crippen LogP contribution is -2.57. The first-order valence-corrected chi connectivity index (χ1v) is 13.4. The zero-order valence-electron chi connectivity index (χ0n) is 19.6. The van der Waals surface area contributed by atoms with Crippen LogP contribution in [0.2, 0.25) is 0 Å². The minimum absolute atomic E-state index is 0.181. The van der Waals surface area contributed by atoms with E-state index in [2.05, 4.69) is 33.2 Å². The average Bonchev–Trinajstić information content (AvgIpc) is 3.03. The van der Waals surface area contributed by atoms with Crippen LogP contribution in [0, 0.1) is 27.6 Å². The number of nitroso groups, excluding NO2 is 1. The van der Waals surface area contributed by atoms with Crippen molar-refractivity contribution in [2.75, 3.05) is 4.43 Å². The Balaban J connectivity index is 1.59. The second-order valence-electron chi connectivity index (χ2n) is 11.5. The van der Waals surface area contributed by atoms with Crippen molar-refractivity contribution in [2.45, 2.75) is 103 Å². The van der Waals surface area contributed by atoms with E-state index in [9.17, 15) is 14.5 Å². The number of ether oxygens (including phenoxy) is 2. The Morgan fingerprint density at radius 3 is 2.28 bits per heavy atom. The van der Waals surface area contributed by atoms with Gasteiger partial charge in [0.1, 0.15) is 11.0 Å². The van der Waals surface area contributed by atoms with E-state index in [1.165, 1.54) is 5.01 Å². The van der Waals surface area contributed by atoms with Crippen LogP contribution < -0.4 is 5.32 Å². The summed E-state index contributed by atoms with van der Waals surface area (Å²) < 4.78 is 12.9. The molecule has 32 heavy (non-hydrogen) atoms. The third kappa shape index (κ3) is 4.05. The molecule has 5 saturated carbocycles. The molecule has 0 aromatic heterocycles. The van der Waals surface area contributed by atoms with Gasteiger partial charge in [0.15, 0.2) is 0 Å². The van der Waals surface area contributed by atoms with E-state index in [1.54, 1.807) is 0 Å². The summed E-state index contributed by atoms with van der Waals surface area (Å²) in [4.78, 5) is 38.5. The molecule has 9 heteroatoms. The number of halogens is 1. The van der Waals surface area contributed by atoms with Gasteiger partial charge in [-0.05, 0) is 84.5 Å². The first-order valence-electron chi connectivity index (χ1n) is 11.9. The highest BCUT2D eigenvalue weighted by Crippen LogP contribution is 2.69. The van der Waals surface area contributed by atoms with Crippen molar-refractivity contribution in [3.63, 3.8) is 0 Å². The fourth-order valence-corrected chi connectivity index (χ4v) is 6.64. The number of alkyl halides is 1. The van der Waals surface area contributed by atoms with Crippen molar-refractivity contribution in [1.29, 1.82) is 0 Å². The second kappa shape index (κ2) is 8.67. The molecule has 5 aliphatic rings. The molecule has 0 aromatic carbocycles. The van der Waals surface area contributed by atoms with E-state index in [4.69, 9.17) is 9.47 Å². The number of hydrogen-bond acceptors (Lipinski definition) is 7. The molecule has 4 atom stereocenters. The molecule has 5 rings (SSSR count). The highest BCUT2D eigenvalue weighted by molar-refractivity contribution is 14.1. The van der Waals surface area contributed by atoms with Crippen LogP contribution in [0.1, 0.15) is 79.1 Å². The molecule has 0 aliphatic heterocycles. The smallest absolute Gasteiger partial charge is 0.319 e. The third-order valence-corrected chi connectivity index (χ3v) is 9.33. The molecule has 0 radical (unpaired) electrons. The van der Waals surface area contributed by atoms with Crippen molar-refractivity contribution in [1.82, 2.24) is 10.3 Å². The van der Waals surface area contributed by atoms with Gasteiger partial charge < -0.3 is 9.47 Å². The maximum atomic E-state index is 13.9. The average molecular weight is 561 g/mol. The Morgan fingerprint density at radius 2 is 1.81 bits per heavy atom. The minimum atomic E-state index is -0.905. The summed E-state index contributed by atoms with van der Waals surface area (Å²) in [7, 11) is 0. The van der Waals surface area contributed by atoms with E-state index in [1.807, 2.05) is 27.7 Å². The van der Waals surface area contributed by atoms with Crippen LogP contribution in [-0.4, -0.2) is 45.4 Å². The molecule has 0 heterocycles. The lowest BCUT2D eigenvalue weighted by atomic mass is 9.74. The van der Waals surface area contributed by atoms with Gasteiger partial charge in [-0.3, -0.25) is 14.9 Å². The molecule has 5 fully saturated rings. The fraction of sp³-hybridized carbons (Fsp3) is 0.913. The van der Waals surface area contributed by atoms with Gasteiger partial charge in [-0.1, -0.05) is 29.0 Å². The number of nitrogens with one attached hydrogen (secondary N) is 1. The number of hydrogen-bond donors (Lipinski definition) is 1. The molecule has 1 N–H and O–H groups in total. The Morgan fingerprint density at radius 1 is 1.19 bits per heavy atom. The molecule has 180 valence electrons. The molecule has 4 bridgehead atoms. The summed E-state index contributed by atoms with van der Waals surface area (Å²) in [5.41, 5.74) is -2.26. The molecule has 0 amide bonds. The molecular formula is C23H36IN3O5. The van der Waals surface area contributed by atoms with E-state index >= 15 is 0 Å². The van der Waals surface area contributed by atoms with Gasteiger partial charge in [0.25, 0.3) is 6.35 Å². The quantitative estimate of drug-likeness (QED) is 0.112. The van der Waals surface area contributed by atoms with Gasteiger partial charge in [0.2, 0.25) is 0 Å². The van der Waals surface area contributed by atoms with Gasteiger partial charge in [0, 0.05) is 10.5 Å². The van der Waals surface area contributed by atoms with Crippen molar-refractivity contribution >= 4 is 34.5 Å². The molecular weight excluding hydrogens is 525 g/mol. The normalized spacial score (nSPS) is 35.2. The van der Waals surface area contributed by atoms with Gasteiger partial charge >= 0.3 is 11.9 Å². The Hall–Kier alpha value is -0.970. The molecule has 0 saturated heterocycles. The SMILES string of the molecule is CC(CI)N(N=O)C(NC1CCC1)OC(=O)C12CC3CC(CC1(OC(=O)C(C)(C)C)C3)C2. The molecule has 5 aliphatic carbocycles. The van der Waals surface area contributed by atoms with Crippen LogP contribution in [0.4, 0.5) is 0 Å². The summed E-state index contributed by atoms with van der Waals surface area (Å²) in [5.74, 6) is 0.121. The van der Waals surface area contributed by atoms with Crippen molar-refractivity contribution in [3.8, 4) is 0 Å².